The van der Waals surface area contributed by atoms with Gasteiger partial charge < -0.3 is 5.32 Å². The van der Waals surface area contributed by atoms with Crippen LogP contribution in [0.5, 0.6) is 0 Å². The Morgan fingerprint density at radius 2 is 2.07 bits per heavy atom. The molecule has 0 amide bonds. The minimum absolute atomic E-state index is 0.821. The highest BCUT2D eigenvalue weighted by atomic mass is 14.8. The van der Waals surface area contributed by atoms with E-state index in [2.05, 4.69) is 43.4 Å². The number of rotatable bonds is 2. The minimum Gasteiger partial charge on any atom is -0.320 e. The first kappa shape index (κ1) is 11.3. The molecule has 0 saturated carbocycles. The molecule has 14 heavy (non-hydrogen) atoms. The van der Waals surface area contributed by atoms with Crippen molar-refractivity contribution in [2.45, 2.75) is 32.6 Å². The molecule has 1 heteroatoms. The van der Waals surface area contributed by atoms with Gasteiger partial charge in [0.05, 0.1) is 0 Å². The largest absolute Gasteiger partial charge is 0.320 e. The summed E-state index contributed by atoms with van der Waals surface area (Å²) in [7, 11) is 1.96. The van der Waals surface area contributed by atoms with Crippen molar-refractivity contribution in [1.82, 2.24) is 5.32 Å². The first-order valence-electron chi connectivity index (χ1n) is 5.52. The molecule has 1 aliphatic carbocycles. The predicted octanol–water partition coefficient (Wildman–Crippen LogP) is 2.96. The zero-order chi connectivity index (χ0) is 10.4. The maximum atomic E-state index is 3.02. The molecule has 0 radical (unpaired) electrons. The molecule has 0 fully saturated rings. The smallest absolute Gasteiger partial charge is 0.00546 e. The number of hydrogen-bond donors (Lipinski definition) is 1. The molecule has 0 spiro atoms. The van der Waals surface area contributed by atoms with E-state index in [1.807, 2.05) is 7.05 Å². The van der Waals surface area contributed by atoms with Crippen LogP contribution in [0.25, 0.3) is 0 Å². The van der Waals surface area contributed by atoms with Crippen molar-refractivity contribution in [3.8, 4) is 0 Å². The van der Waals surface area contributed by atoms with E-state index in [9.17, 15) is 0 Å². The molecule has 0 aromatic heterocycles. The summed E-state index contributed by atoms with van der Waals surface area (Å²) in [5.74, 6) is 0.821. The van der Waals surface area contributed by atoms with Gasteiger partial charge in [-0.25, -0.2) is 0 Å². The molecule has 1 nitrogen and oxygen atoms in total. The van der Waals surface area contributed by atoms with Crippen LogP contribution in [-0.4, -0.2) is 13.6 Å². The second-order valence-corrected chi connectivity index (χ2v) is 3.91. The Hall–Kier alpha value is -0.820. The van der Waals surface area contributed by atoms with E-state index in [-0.39, 0.29) is 0 Å². The Labute approximate surface area is 87.5 Å². The molecule has 0 bridgehead atoms. The van der Waals surface area contributed by atoms with Crippen LogP contribution in [-0.2, 0) is 6.42 Å². The topological polar surface area (TPSA) is 12.0 Å². The van der Waals surface area contributed by atoms with Crippen molar-refractivity contribution >= 4 is 0 Å². The van der Waals surface area contributed by atoms with Gasteiger partial charge in [-0.15, -0.1) is 0 Å². The number of nitrogens with one attached hydrogen (secondary N) is 1. The van der Waals surface area contributed by atoms with Crippen molar-refractivity contribution < 1.29 is 0 Å². The Morgan fingerprint density at radius 1 is 1.36 bits per heavy atom. The van der Waals surface area contributed by atoms with E-state index >= 15 is 0 Å². The summed E-state index contributed by atoms with van der Waals surface area (Å²) in [4.78, 5) is 0. The molecule has 1 aliphatic rings. The van der Waals surface area contributed by atoms with Gasteiger partial charge in [-0.3, -0.25) is 0 Å². The summed E-state index contributed by atoms with van der Waals surface area (Å²) in [6.45, 7) is 5.57. The van der Waals surface area contributed by atoms with E-state index < -0.39 is 0 Å². The van der Waals surface area contributed by atoms with Crippen LogP contribution in [0.3, 0.4) is 0 Å². The van der Waals surface area contributed by atoms with Crippen molar-refractivity contribution in [3.05, 3.63) is 35.4 Å². The highest BCUT2D eigenvalue weighted by molar-refractivity contribution is 5.38. The van der Waals surface area contributed by atoms with Crippen LogP contribution in [0.15, 0.2) is 24.3 Å². The number of benzene rings is 1. The zero-order valence-corrected chi connectivity index (χ0v) is 9.51. The molecule has 1 atom stereocenters. The molecular weight excluding hydrogens is 170 g/mol. The third-order valence-corrected chi connectivity index (χ3v) is 2.61. The average molecular weight is 191 g/mol. The zero-order valence-electron chi connectivity index (χ0n) is 9.51. The highest BCUT2D eigenvalue weighted by Gasteiger charge is 2.19. The Kier molecular flexibility index (Phi) is 4.68. The van der Waals surface area contributed by atoms with Gasteiger partial charge in [0.1, 0.15) is 0 Å². The van der Waals surface area contributed by atoms with Crippen molar-refractivity contribution in [2.75, 3.05) is 13.6 Å². The number of fused-ring (bicyclic) bond motifs is 1. The Morgan fingerprint density at radius 3 is 2.43 bits per heavy atom. The molecule has 2 rings (SSSR count). The van der Waals surface area contributed by atoms with Crippen LogP contribution >= 0.6 is 0 Å². The molecule has 1 N–H and O–H groups in total. The van der Waals surface area contributed by atoms with E-state index in [0.29, 0.717) is 0 Å². The van der Waals surface area contributed by atoms with Gasteiger partial charge in [0, 0.05) is 0 Å². The van der Waals surface area contributed by atoms with Crippen molar-refractivity contribution in [1.29, 1.82) is 0 Å². The molecule has 0 heterocycles. The van der Waals surface area contributed by atoms with Gasteiger partial charge in [0.15, 0.2) is 0 Å². The summed E-state index contributed by atoms with van der Waals surface area (Å²) >= 11 is 0. The fourth-order valence-electron chi connectivity index (χ4n) is 1.76. The third-order valence-electron chi connectivity index (χ3n) is 2.61. The molecule has 0 aliphatic heterocycles. The van der Waals surface area contributed by atoms with Gasteiger partial charge >= 0.3 is 0 Å². The standard InChI is InChI=1S/C9H10.C4H11N/c1-7-6-8-4-2-3-5-9(7)8;1-3-4-5-2/h2-5,7H,6H2,1H3;5H,3-4H2,1-2H3. The lowest BCUT2D eigenvalue weighted by atomic mass is 9.79. The van der Waals surface area contributed by atoms with Crippen LogP contribution in [0.4, 0.5) is 0 Å². The van der Waals surface area contributed by atoms with Gasteiger partial charge in [0.2, 0.25) is 0 Å². The molecule has 78 valence electrons. The summed E-state index contributed by atoms with van der Waals surface area (Å²) in [5.41, 5.74) is 3.10. The monoisotopic (exact) mass is 191 g/mol. The first-order chi connectivity index (χ1) is 6.79. The molecule has 1 unspecified atom stereocenters. The van der Waals surface area contributed by atoms with Gasteiger partial charge in [0.25, 0.3) is 0 Å². The lowest BCUT2D eigenvalue weighted by Crippen LogP contribution is -2.12. The Balaban J connectivity index is 0.000000171. The molecular formula is C13H21N. The van der Waals surface area contributed by atoms with E-state index in [1.54, 1.807) is 11.1 Å². The van der Waals surface area contributed by atoms with Crippen LogP contribution in [0.1, 0.15) is 37.3 Å². The average Bonchev–Trinajstić information content (AvgIpc) is 2.19. The van der Waals surface area contributed by atoms with E-state index in [1.165, 1.54) is 12.8 Å². The van der Waals surface area contributed by atoms with Crippen LogP contribution in [0.2, 0.25) is 0 Å². The van der Waals surface area contributed by atoms with E-state index in [4.69, 9.17) is 0 Å². The molecule has 1 aromatic rings. The second-order valence-electron chi connectivity index (χ2n) is 3.91. The summed E-state index contributed by atoms with van der Waals surface area (Å²) < 4.78 is 0. The van der Waals surface area contributed by atoms with Crippen LogP contribution < -0.4 is 5.32 Å². The summed E-state index contributed by atoms with van der Waals surface area (Å²) in [6.07, 6.45) is 2.52. The lowest BCUT2D eigenvalue weighted by molar-refractivity contribution is 0.667. The predicted molar refractivity (Wildman–Crippen MR) is 62.8 cm³/mol. The normalized spacial score (nSPS) is 17.5. The summed E-state index contributed by atoms with van der Waals surface area (Å²) in [6, 6.07) is 8.68. The van der Waals surface area contributed by atoms with Gasteiger partial charge in [-0.1, -0.05) is 38.1 Å². The molecule has 1 aromatic carbocycles. The lowest BCUT2D eigenvalue weighted by Gasteiger charge is -2.25. The Bertz CT molecular complexity index is 266. The maximum absolute atomic E-state index is 3.02. The van der Waals surface area contributed by atoms with Crippen molar-refractivity contribution in [2.24, 2.45) is 0 Å². The SMILES string of the molecule is CC1Cc2ccccc21.CCCNC. The fourth-order valence-corrected chi connectivity index (χ4v) is 1.76. The molecule has 0 saturated heterocycles. The van der Waals surface area contributed by atoms with Crippen LogP contribution in [0, 0.1) is 0 Å². The van der Waals surface area contributed by atoms with Crippen molar-refractivity contribution in [3.63, 3.8) is 0 Å². The van der Waals surface area contributed by atoms with Gasteiger partial charge in [-0.05, 0) is 43.5 Å². The minimum atomic E-state index is 0.821. The fraction of sp³-hybridized carbons (Fsp3) is 0.538. The van der Waals surface area contributed by atoms with Gasteiger partial charge in [-0.2, -0.15) is 0 Å². The second kappa shape index (κ2) is 5.82. The maximum Gasteiger partial charge on any atom is -0.00546 e. The third kappa shape index (κ3) is 2.85. The van der Waals surface area contributed by atoms with E-state index in [0.717, 1.165) is 12.5 Å². The summed E-state index contributed by atoms with van der Waals surface area (Å²) in [5, 5.41) is 3.02. The number of hydrogen-bond acceptors (Lipinski definition) is 1. The quantitative estimate of drug-likeness (QED) is 0.758. The first-order valence-corrected chi connectivity index (χ1v) is 5.52. The highest BCUT2D eigenvalue weighted by Crippen LogP contribution is 2.33.